The highest BCUT2D eigenvalue weighted by atomic mass is 19.4. The Morgan fingerprint density at radius 2 is 1.41 bits per heavy atom. The van der Waals surface area contributed by atoms with Crippen LogP contribution in [0.15, 0.2) is 84.9 Å². The lowest BCUT2D eigenvalue weighted by Gasteiger charge is -2.38. The third-order valence-electron chi connectivity index (χ3n) is 6.17. The van der Waals surface area contributed by atoms with Gasteiger partial charge in [-0.25, -0.2) is 4.79 Å². The van der Waals surface area contributed by atoms with Crippen LogP contribution in [0, 0.1) is 0 Å². The smallest absolute Gasteiger partial charge is 0.317 e. The molecule has 7 heteroatoms. The zero-order valence-electron chi connectivity index (χ0n) is 18.8. The molecule has 2 amide bonds. The third-order valence-corrected chi connectivity index (χ3v) is 6.17. The number of likely N-dealkylation sites (tertiary alicyclic amines) is 1. The van der Waals surface area contributed by atoms with Crippen molar-refractivity contribution in [2.24, 2.45) is 0 Å². The molecule has 0 aliphatic carbocycles. The summed E-state index contributed by atoms with van der Waals surface area (Å²) in [6.07, 6.45) is -2.74. The molecule has 34 heavy (non-hydrogen) atoms. The molecule has 0 spiro atoms. The summed E-state index contributed by atoms with van der Waals surface area (Å²) >= 11 is 0. The van der Waals surface area contributed by atoms with Crippen LogP contribution in [0.25, 0.3) is 0 Å². The van der Waals surface area contributed by atoms with E-state index in [1.165, 1.54) is 17.7 Å². The zero-order chi connectivity index (χ0) is 24.0. The van der Waals surface area contributed by atoms with Gasteiger partial charge in [0.05, 0.1) is 5.56 Å². The number of carbonyl (C=O) groups is 1. The van der Waals surface area contributed by atoms with E-state index in [1.807, 2.05) is 53.4 Å². The maximum Gasteiger partial charge on any atom is 0.416 e. The monoisotopic (exact) mass is 467 g/mol. The van der Waals surface area contributed by atoms with E-state index in [2.05, 4.69) is 22.3 Å². The first-order valence-electron chi connectivity index (χ1n) is 11.4. The second kappa shape index (κ2) is 10.7. The predicted molar refractivity (Wildman–Crippen MR) is 127 cm³/mol. The number of hydrogen-bond donors (Lipinski definition) is 1. The summed E-state index contributed by atoms with van der Waals surface area (Å²) in [5, 5.41) is 2.80. The predicted octanol–water partition coefficient (Wildman–Crippen LogP) is 6.40. The third kappa shape index (κ3) is 6.38. The number of nitrogens with one attached hydrogen (secondary N) is 1. The number of piperidine rings is 1. The Kier molecular flexibility index (Phi) is 7.53. The van der Waals surface area contributed by atoms with Gasteiger partial charge in [-0.2, -0.15) is 13.2 Å². The molecular formula is C27H28F3N3O. The van der Waals surface area contributed by atoms with E-state index in [-0.39, 0.29) is 12.1 Å². The molecule has 4 nitrogen and oxygen atoms in total. The van der Waals surface area contributed by atoms with Crippen molar-refractivity contribution in [1.82, 2.24) is 9.80 Å². The van der Waals surface area contributed by atoms with E-state index < -0.39 is 11.7 Å². The molecule has 0 aromatic heterocycles. The Balaban J connectivity index is 1.43. The molecular weight excluding hydrogens is 439 g/mol. The van der Waals surface area contributed by atoms with Crippen LogP contribution in [0.5, 0.6) is 0 Å². The van der Waals surface area contributed by atoms with E-state index in [0.717, 1.165) is 50.2 Å². The van der Waals surface area contributed by atoms with Gasteiger partial charge >= 0.3 is 12.2 Å². The van der Waals surface area contributed by atoms with Crippen LogP contribution >= 0.6 is 0 Å². The largest absolute Gasteiger partial charge is 0.416 e. The average molecular weight is 468 g/mol. The second-order valence-corrected chi connectivity index (χ2v) is 8.61. The van der Waals surface area contributed by atoms with Crippen LogP contribution in [0.2, 0.25) is 0 Å². The van der Waals surface area contributed by atoms with Gasteiger partial charge in [-0.3, -0.25) is 4.90 Å². The summed E-state index contributed by atoms with van der Waals surface area (Å²) in [6.45, 7) is 3.07. The standard InChI is InChI=1S/C27H28F3N3O/c28-27(29,30)23-11-13-24(14-12-23)31-26(34)33(20-22-9-5-2-6-10-22)25-15-17-32(18-16-25)19-21-7-3-1-4-8-21/h1-14,25H,15-20H2,(H,31,34). The lowest BCUT2D eigenvalue weighted by atomic mass is 10.0. The number of benzene rings is 3. The highest BCUT2D eigenvalue weighted by Gasteiger charge is 2.31. The Hall–Kier alpha value is -3.32. The number of rotatable bonds is 6. The van der Waals surface area contributed by atoms with Gasteiger partial charge in [0.15, 0.2) is 0 Å². The quantitative estimate of drug-likeness (QED) is 0.455. The average Bonchev–Trinajstić information content (AvgIpc) is 2.84. The van der Waals surface area contributed by atoms with Crippen LogP contribution in [-0.4, -0.2) is 35.0 Å². The first-order valence-corrected chi connectivity index (χ1v) is 11.4. The Morgan fingerprint density at radius 3 is 1.97 bits per heavy atom. The zero-order valence-corrected chi connectivity index (χ0v) is 18.8. The minimum atomic E-state index is -4.41. The van der Waals surface area contributed by atoms with E-state index in [0.29, 0.717) is 12.2 Å². The Bertz CT molecular complexity index is 1050. The SMILES string of the molecule is O=C(Nc1ccc(C(F)(F)F)cc1)N(Cc1ccccc1)C1CCN(Cc2ccccc2)CC1. The number of halogens is 3. The summed E-state index contributed by atoms with van der Waals surface area (Å²) in [7, 11) is 0. The van der Waals surface area contributed by atoms with Gasteiger partial charge in [-0.05, 0) is 48.2 Å². The first-order chi connectivity index (χ1) is 16.4. The molecule has 1 heterocycles. The van der Waals surface area contributed by atoms with Crippen molar-refractivity contribution >= 4 is 11.7 Å². The van der Waals surface area contributed by atoms with Gasteiger partial charge in [-0.15, -0.1) is 0 Å². The lowest BCUT2D eigenvalue weighted by Crippen LogP contribution is -2.48. The summed E-state index contributed by atoms with van der Waals surface area (Å²) < 4.78 is 38.6. The minimum absolute atomic E-state index is 0.0432. The topological polar surface area (TPSA) is 35.6 Å². The number of anilines is 1. The number of amides is 2. The van der Waals surface area contributed by atoms with Crippen molar-refractivity contribution in [3.63, 3.8) is 0 Å². The highest BCUT2D eigenvalue weighted by molar-refractivity contribution is 5.89. The van der Waals surface area contributed by atoms with Crippen molar-refractivity contribution in [2.45, 2.75) is 38.1 Å². The molecule has 1 saturated heterocycles. The highest BCUT2D eigenvalue weighted by Crippen LogP contribution is 2.30. The van der Waals surface area contributed by atoms with Crippen LogP contribution in [-0.2, 0) is 19.3 Å². The summed E-state index contributed by atoms with van der Waals surface area (Å²) in [5.74, 6) is 0. The summed E-state index contributed by atoms with van der Waals surface area (Å²) in [4.78, 5) is 17.5. The fourth-order valence-corrected chi connectivity index (χ4v) is 4.32. The van der Waals surface area contributed by atoms with Crippen LogP contribution in [0.1, 0.15) is 29.5 Å². The van der Waals surface area contributed by atoms with Gasteiger partial charge in [0.2, 0.25) is 0 Å². The van der Waals surface area contributed by atoms with Crippen molar-refractivity contribution in [3.8, 4) is 0 Å². The number of urea groups is 1. The number of nitrogens with zero attached hydrogens (tertiary/aromatic N) is 2. The van der Waals surface area contributed by atoms with Crippen LogP contribution in [0.4, 0.5) is 23.7 Å². The fraction of sp³-hybridized carbons (Fsp3) is 0.296. The van der Waals surface area contributed by atoms with Crippen LogP contribution < -0.4 is 5.32 Å². The van der Waals surface area contributed by atoms with E-state index in [1.54, 1.807) is 0 Å². The van der Waals surface area contributed by atoms with Crippen molar-refractivity contribution in [1.29, 1.82) is 0 Å². The molecule has 0 radical (unpaired) electrons. The maximum absolute atomic E-state index is 13.2. The fourth-order valence-electron chi connectivity index (χ4n) is 4.32. The van der Waals surface area contributed by atoms with Crippen LogP contribution in [0.3, 0.4) is 0 Å². The Labute approximate surface area is 198 Å². The van der Waals surface area contributed by atoms with Crippen molar-refractivity contribution < 1.29 is 18.0 Å². The molecule has 1 aliphatic heterocycles. The minimum Gasteiger partial charge on any atom is -0.317 e. The molecule has 3 aromatic rings. The molecule has 4 rings (SSSR count). The molecule has 0 unspecified atom stereocenters. The van der Waals surface area contributed by atoms with Gasteiger partial charge in [0, 0.05) is 37.9 Å². The van der Waals surface area contributed by atoms with Crippen molar-refractivity contribution in [3.05, 3.63) is 102 Å². The summed E-state index contributed by atoms with van der Waals surface area (Å²) in [5.41, 5.74) is 1.88. The van der Waals surface area contributed by atoms with Gasteiger partial charge in [-0.1, -0.05) is 60.7 Å². The number of carbonyl (C=O) groups excluding carboxylic acids is 1. The maximum atomic E-state index is 13.2. The lowest BCUT2D eigenvalue weighted by molar-refractivity contribution is -0.137. The first kappa shape index (κ1) is 23.8. The van der Waals surface area contributed by atoms with Gasteiger partial charge < -0.3 is 10.2 Å². The van der Waals surface area contributed by atoms with Gasteiger partial charge in [0.1, 0.15) is 0 Å². The molecule has 1 N–H and O–H groups in total. The van der Waals surface area contributed by atoms with E-state index in [4.69, 9.17) is 0 Å². The molecule has 0 atom stereocenters. The molecule has 0 bridgehead atoms. The molecule has 0 saturated carbocycles. The second-order valence-electron chi connectivity index (χ2n) is 8.61. The Morgan fingerprint density at radius 1 is 0.853 bits per heavy atom. The normalized spacial score (nSPS) is 15.1. The van der Waals surface area contributed by atoms with E-state index in [9.17, 15) is 18.0 Å². The van der Waals surface area contributed by atoms with E-state index >= 15 is 0 Å². The molecule has 3 aromatic carbocycles. The van der Waals surface area contributed by atoms with Crippen molar-refractivity contribution in [2.75, 3.05) is 18.4 Å². The number of hydrogen-bond acceptors (Lipinski definition) is 2. The van der Waals surface area contributed by atoms with Gasteiger partial charge in [0.25, 0.3) is 0 Å². The molecule has 1 aliphatic rings. The summed E-state index contributed by atoms with van der Waals surface area (Å²) in [6, 6.07) is 24.4. The number of alkyl halides is 3. The molecule has 1 fully saturated rings. The molecule has 178 valence electrons.